The summed E-state index contributed by atoms with van der Waals surface area (Å²) in [5, 5.41) is 7.55. The summed E-state index contributed by atoms with van der Waals surface area (Å²) in [5.41, 5.74) is 1.00. The zero-order chi connectivity index (χ0) is 13.1. The molecule has 4 nitrogen and oxygen atoms in total. The Bertz CT molecular complexity index is 523. The Morgan fingerprint density at radius 3 is 2.95 bits per heavy atom. The number of aromatic nitrogens is 2. The summed E-state index contributed by atoms with van der Waals surface area (Å²) in [4.78, 5) is 4.53. The number of hydrogen-bond donors (Lipinski definition) is 1. The van der Waals surface area contributed by atoms with Gasteiger partial charge in [0, 0.05) is 5.56 Å². The zero-order valence-corrected chi connectivity index (χ0v) is 11.2. The summed E-state index contributed by atoms with van der Waals surface area (Å²) < 4.78 is 5.43. The molecule has 1 aliphatic heterocycles. The van der Waals surface area contributed by atoms with E-state index in [1.165, 1.54) is 12.8 Å². The van der Waals surface area contributed by atoms with E-state index in [0.717, 1.165) is 30.3 Å². The maximum absolute atomic E-state index is 5.43. The van der Waals surface area contributed by atoms with E-state index in [2.05, 4.69) is 22.4 Å². The van der Waals surface area contributed by atoms with Gasteiger partial charge in [0.2, 0.25) is 11.7 Å². The Hall–Kier alpha value is -1.68. The molecular weight excluding hydrogens is 238 g/mol. The molecule has 0 saturated carbocycles. The van der Waals surface area contributed by atoms with E-state index in [4.69, 9.17) is 4.52 Å². The topological polar surface area (TPSA) is 51.0 Å². The summed E-state index contributed by atoms with van der Waals surface area (Å²) in [6, 6.07) is 10.2. The van der Waals surface area contributed by atoms with Gasteiger partial charge in [0.15, 0.2) is 0 Å². The Morgan fingerprint density at radius 1 is 1.32 bits per heavy atom. The van der Waals surface area contributed by atoms with Gasteiger partial charge in [-0.1, -0.05) is 48.8 Å². The first-order chi connectivity index (χ1) is 9.36. The van der Waals surface area contributed by atoms with E-state index in [1.54, 1.807) is 0 Å². The van der Waals surface area contributed by atoms with E-state index < -0.39 is 0 Å². The standard InChI is InChI=1S/C15H19N3O/c1-2-11-8-9-16-13(10-11)15-17-14(18-19-15)12-6-4-3-5-7-12/h3-7,11,13,16H,2,8-10H2,1H3. The maximum atomic E-state index is 5.43. The van der Waals surface area contributed by atoms with Gasteiger partial charge in [-0.05, 0) is 25.3 Å². The Kier molecular flexibility index (Phi) is 3.60. The largest absolute Gasteiger partial charge is 0.337 e. The number of nitrogens with one attached hydrogen (secondary N) is 1. The molecule has 2 aromatic rings. The second-order valence-electron chi connectivity index (χ2n) is 5.13. The lowest BCUT2D eigenvalue weighted by Crippen LogP contribution is -2.31. The van der Waals surface area contributed by atoms with E-state index in [0.29, 0.717) is 5.82 Å². The first-order valence-corrected chi connectivity index (χ1v) is 6.99. The van der Waals surface area contributed by atoms with E-state index >= 15 is 0 Å². The Morgan fingerprint density at radius 2 is 2.16 bits per heavy atom. The zero-order valence-electron chi connectivity index (χ0n) is 11.2. The van der Waals surface area contributed by atoms with Crippen LogP contribution in [0.25, 0.3) is 11.4 Å². The minimum atomic E-state index is 0.212. The van der Waals surface area contributed by atoms with Crippen molar-refractivity contribution in [2.24, 2.45) is 5.92 Å². The van der Waals surface area contributed by atoms with E-state index in [1.807, 2.05) is 30.3 Å². The van der Waals surface area contributed by atoms with Crippen LogP contribution < -0.4 is 5.32 Å². The molecule has 2 heterocycles. The predicted octanol–water partition coefficient (Wildman–Crippen LogP) is 3.19. The summed E-state index contributed by atoms with van der Waals surface area (Å²) >= 11 is 0. The van der Waals surface area contributed by atoms with Crippen LogP contribution in [0.1, 0.15) is 38.1 Å². The van der Waals surface area contributed by atoms with Gasteiger partial charge in [0.25, 0.3) is 0 Å². The molecule has 19 heavy (non-hydrogen) atoms. The first-order valence-electron chi connectivity index (χ1n) is 6.99. The van der Waals surface area contributed by atoms with Crippen LogP contribution in [0, 0.1) is 5.92 Å². The summed E-state index contributed by atoms with van der Waals surface area (Å²) in [7, 11) is 0. The van der Waals surface area contributed by atoms with E-state index in [-0.39, 0.29) is 6.04 Å². The van der Waals surface area contributed by atoms with Gasteiger partial charge in [0.1, 0.15) is 0 Å². The van der Waals surface area contributed by atoms with Crippen LogP contribution in [0.15, 0.2) is 34.9 Å². The van der Waals surface area contributed by atoms with Gasteiger partial charge in [0.05, 0.1) is 6.04 Å². The molecule has 1 aromatic heterocycles. The SMILES string of the molecule is CCC1CCNC(c2nc(-c3ccccc3)no2)C1. The fraction of sp³-hybridized carbons (Fsp3) is 0.467. The van der Waals surface area contributed by atoms with Gasteiger partial charge in [-0.2, -0.15) is 4.98 Å². The van der Waals surface area contributed by atoms with Crippen molar-refractivity contribution in [1.82, 2.24) is 15.5 Å². The molecule has 4 heteroatoms. The van der Waals surface area contributed by atoms with Crippen molar-refractivity contribution in [3.63, 3.8) is 0 Å². The summed E-state index contributed by atoms with van der Waals surface area (Å²) in [6.45, 7) is 3.28. The predicted molar refractivity (Wildman–Crippen MR) is 73.5 cm³/mol. The van der Waals surface area contributed by atoms with Crippen molar-refractivity contribution in [3.05, 3.63) is 36.2 Å². The average molecular weight is 257 g/mol. The van der Waals surface area contributed by atoms with Gasteiger partial charge in [-0.15, -0.1) is 0 Å². The number of nitrogens with zero attached hydrogens (tertiary/aromatic N) is 2. The van der Waals surface area contributed by atoms with Gasteiger partial charge in [-0.3, -0.25) is 0 Å². The second kappa shape index (κ2) is 5.53. The third-order valence-corrected chi connectivity index (χ3v) is 3.86. The number of rotatable bonds is 3. The highest BCUT2D eigenvalue weighted by Gasteiger charge is 2.26. The third-order valence-electron chi connectivity index (χ3n) is 3.86. The molecular formula is C15H19N3O. The molecule has 0 amide bonds. The van der Waals surface area contributed by atoms with Gasteiger partial charge in [-0.25, -0.2) is 0 Å². The monoisotopic (exact) mass is 257 g/mol. The van der Waals surface area contributed by atoms with Crippen LogP contribution in [-0.4, -0.2) is 16.7 Å². The van der Waals surface area contributed by atoms with Crippen molar-refractivity contribution < 1.29 is 4.52 Å². The molecule has 1 aromatic carbocycles. The molecule has 1 N–H and O–H groups in total. The van der Waals surface area contributed by atoms with Crippen molar-refractivity contribution >= 4 is 0 Å². The summed E-state index contributed by atoms with van der Waals surface area (Å²) in [5.74, 6) is 2.16. The first kappa shape index (κ1) is 12.4. The molecule has 100 valence electrons. The van der Waals surface area contributed by atoms with Crippen LogP contribution in [-0.2, 0) is 0 Å². The van der Waals surface area contributed by atoms with Crippen LogP contribution >= 0.6 is 0 Å². The molecule has 0 aliphatic carbocycles. The van der Waals surface area contributed by atoms with E-state index in [9.17, 15) is 0 Å². The van der Waals surface area contributed by atoms with Crippen molar-refractivity contribution in [2.45, 2.75) is 32.2 Å². The highest BCUT2D eigenvalue weighted by atomic mass is 16.5. The van der Waals surface area contributed by atoms with Crippen LogP contribution in [0.5, 0.6) is 0 Å². The number of hydrogen-bond acceptors (Lipinski definition) is 4. The fourth-order valence-electron chi connectivity index (χ4n) is 2.64. The lowest BCUT2D eigenvalue weighted by atomic mass is 9.90. The minimum Gasteiger partial charge on any atom is -0.337 e. The second-order valence-corrected chi connectivity index (χ2v) is 5.13. The van der Waals surface area contributed by atoms with Crippen LogP contribution in [0.3, 0.4) is 0 Å². The normalized spacial score (nSPS) is 23.4. The maximum Gasteiger partial charge on any atom is 0.244 e. The van der Waals surface area contributed by atoms with Crippen molar-refractivity contribution in [3.8, 4) is 11.4 Å². The molecule has 3 rings (SSSR count). The van der Waals surface area contributed by atoms with Crippen LogP contribution in [0.4, 0.5) is 0 Å². The molecule has 2 atom stereocenters. The van der Waals surface area contributed by atoms with Crippen LogP contribution in [0.2, 0.25) is 0 Å². The van der Waals surface area contributed by atoms with Gasteiger partial charge < -0.3 is 9.84 Å². The Labute approximate surface area is 113 Å². The highest BCUT2D eigenvalue weighted by molar-refractivity contribution is 5.53. The summed E-state index contributed by atoms with van der Waals surface area (Å²) in [6.07, 6.45) is 3.55. The van der Waals surface area contributed by atoms with Gasteiger partial charge >= 0.3 is 0 Å². The molecule has 2 unspecified atom stereocenters. The Balaban J connectivity index is 1.78. The molecule has 0 radical (unpaired) electrons. The quantitative estimate of drug-likeness (QED) is 0.917. The molecule has 1 fully saturated rings. The molecule has 1 saturated heterocycles. The fourth-order valence-corrected chi connectivity index (χ4v) is 2.64. The molecule has 0 spiro atoms. The number of piperidine rings is 1. The smallest absolute Gasteiger partial charge is 0.244 e. The van der Waals surface area contributed by atoms with Crippen molar-refractivity contribution in [1.29, 1.82) is 0 Å². The highest BCUT2D eigenvalue weighted by Crippen LogP contribution is 2.29. The van der Waals surface area contributed by atoms with Crippen molar-refractivity contribution in [2.75, 3.05) is 6.54 Å². The lowest BCUT2D eigenvalue weighted by molar-refractivity contribution is 0.246. The number of benzene rings is 1. The lowest BCUT2D eigenvalue weighted by Gasteiger charge is -2.27. The molecule has 0 bridgehead atoms. The molecule has 1 aliphatic rings. The third kappa shape index (κ3) is 2.68. The minimum absolute atomic E-state index is 0.212. The average Bonchev–Trinajstić information content (AvgIpc) is 2.98.